The third kappa shape index (κ3) is 5.60. The highest BCUT2D eigenvalue weighted by molar-refractivity contribution is 6.34. The van der Waals surface area contributed by atoms with E-state index in [1.54, 1.807) is 0 Å². The van der Waals surface area contributed by atoms with E-state index in [4.69, 9.17) is 0 Å². The van der Waals surface area contributed by atoms with Gasteiger partial charge in [0.05, 0.1) is 27.9 Å². The maximum atomic E-state index is 15.0. The third-order valence-corrected chi connectivity index (χ3v) is 9.47. The number of allylic oxidation sites excluding steroid dienone is 1. The molecule has 6 rings (SSSR count). The zero-order valence-electron chi connectivity index (χ0n) is 26.7. The quantitative estimate of drug-likeness (QED) is 0.197. The summed E-state index contributed by atoms with van der Waals surface area (Å²) in [7, 11) is 0.981. The topological polar surface area (TPSA) is 74.8 Å². The average molecular weight is 761 g/mol. The maximum absolute atomic E-state index is 15.0. The summed E-state index contributed by atoms with van der Waals surface area (Å²) in [4.78, 5) is 52.4. The minimum absolute atomic E-state index is 0.0480. The summed E-state index contributed by atoms with van der Waals surface area (Å²) in [6.45, 7) is 1.27. The molecular formula is C35H20F12N2O4. The molecule has 3 aromatic rings. The molecule has 6 nitrogen and oxygen atoms in total. The van der Waals surface area contributed by atoms with Crippen LogP contribution in [0.3, 0.4) is 0 Å². The number of rotatable bonds is 4. The van der Waals surface area contributed by atoms with Crippen LogP contribution in [0.15, 0.2) is 77.9 Å². The highest BCUT2D eigenvalue weighted by atomic mass is 19.4. The monoisotopic (exact) mass is 760 g/mol. The SMILES string of the molecule is Cc1ccc(-c2ccc(N3C(=O)c4ccc(C(C5C=CC6=C(C5)C(=O)N(C)C6=O)(C(F)(F)F)C(F)(F)F)cc4C3=O)cc2C(F)(F)F)c(C(F)(F)F)c1. The van der Waals surface area contributed by atoms with Gasteiger partial charge in [0.25, 0.3) is 23.6 Å². The van der Waals surface area contributed by atoms with Crippen LogP contribution < -0.4 is 4.90 Å². The summed E-state index contributed by atoms with van der Waals surface area (Å²) in [5, 5.41) is 0. The first-order chi connectivity index (χ1) is 24.3. The second kappa shape index (κ2) is 11.8. The Morgan fingerprint density at radius 3 is 1.70 bits per heavy atom. The fourth-order valence-electron chi connectivity index (χ4n) is 7.00. The summed E-state index contributed by atoms with van der Waals surface area (Å²) in [5.74, 6) is -7.76. The normalized spacial score (nSPS) is 18.4. The highest BCUT2D eigenvalue weighted by Crippen LogP contribution is 2.60. The molecule has 1 aliphatic carbocycles. The number of halogens is 12. The zero-order valence-corrected chi connectivity index (χ0v) is 26.7. The van der Waals surface area contributed by atoms with E-state index in [0.29, 0.717) is 41.3 Å². The number of benzene rings is 3. The van der Waals surface area contributed by atoms with Gasteiger partial charge in [-0.3, -0.25) is 24.1 Å². The van der Waals surface area contributed by atoms with Gasteiger partial charge in [-0.15, -0.1) is 0 Å². The van der Waals surface area contributed by atoms with Crippen LogP contribution in [0.25, 0.3) is 11.1 Å². The number of anilines is 1. The van der Waals surface area contributed by atoms with Crippen molar-refractivity contribution >= 4 is 29.3 Å². The Hall–Kier alpha value is -5.42. The van der Waals surface area contributed by atoms with Crippen molar-refractivity contribution in [1.82, 2.24) is 4.90 Å². The molecule has 2 aliphatic heterocycles. The van der Waals surface area contributed by atoms with Gasteiger partial charge in [0.15, 0.2) is 5.41 Å². The lowest BCUT2D eigenvalue weighted by Crippen LogP contribution is -2.58. The molecule has 0 N–H and O–H groups in total. The zero-order chi connectivity index (χ0) is 39.4. The fraction of sp³-hybridized carbons (Fsp3) is 0.257. The number of hydrogen-bond acceptors (Lipinski definition) is 4. The minimum Gasteiger partial charge on any atom is -0.278 e. The summed E-state index contributed by atoms with van der Waals surface area (Å²) in [6.07, 6.45) is -23.0. The molecule has 3 aliphatic rings. The Morgan fingerprint density at radius 2 is 1.13 bits per heavy atom. The van der Waals surface area contributed by atoms with Crippen molar-refractivity contribution in [3.63, 3.8) is 0 Å². The molecule has 0 saturated carbocycles. The Balaban J connectivity index is 1.47. The molecule has 18 heteroatoms. The van der Waals surface area contributed by atoms with Crippen LogP contribution >= 0.6 is 0 Å². The second-order valence-corrected chi connectivity index (χ2v) is 12.5. The van der Waals surface area contributed by atoms with Crippen LogP contribution in [-0.4, -0.2) is 47.9 Å². The number of amides is 4. The lowest BCUT2D eigenvalue weighted by Gasteiger charge is -2.43. The largest absolute Gasteiger partial charge is 0.417 e. The molecule has 278 valence electrons. The molecule has 3 aromatic carbocycles. The van der Waals surface area contributed by atoms with Gasteiger partial charge in [-0.1, -0.05) is 42.0 Å². The van der Waals surface area contributed by atoms with E-state index in [2.05, 4.69) is 0 Å². The van der Waals surface area contributed by atoms with Gasteiger partial charge in [-0.2, -0.15) is 52.7 Å². The van der Waals surface area contributed by atoms with Crippen LogP contribution in [0.1, 0.15) is 49.4 Å². The predicted molar refractivity (Wildman–Crippen MR) is 160 cm³/mol. The number of likely N-dealkylation sites (N-methyl/N-ethyl adjacent to an activating group) is 1. The maximum Gasteiger partial charge on any atom is 0.417 e. The number of fused-ring (bicyclic) bond motifs is 1. The molecule has 4 amide bonds. The number of nitrogens with zero attached hydrogens (tertiary/aromatic N) is 2. The van der Waals surface area contributed by atoms with Gasteiger partial charge in [-0.05, 0) is 60.4 Å². The van der Waals surface area contributed by atoms with E-state index in [0.717, 1.165) is 19.2 Å². The first kappa shape index (κ1) is 37.3. The molecule has 0 spiro atoms. The van der Waals surface area contributed by atoms with E-state index in [9.17, 15) is 71.9 Å². The summed E-state index contributed by atoms with van der Waals surface area (Å²) in [6, 6.07) is 4.80. The third-order valence-electron chi connectivity index (χ3n) is 9.47. The molecule has 2 heterocycles. The Kier molecular flexibility index (Phi) is 8.31. The van der Waals surface area contributed by atoms with Crippen LogP contribution in [0.5, 0.6) is 0 Å². The molecule has 0 saturated heterocycles. The molecular weight excluding hydrogens is 740 g/mol. The van der Waals surface area contributed by atoms with Gasteiger partial charge in [0.2, 0.25) is 0 Å². The Bertz CT molecular complexity index is 2180. The van der Waals surface area contributed by atoms with Crippen LogP contribution in [0, 0.1) is 12.8 Å². The fourth-order valence-corrected chi connectivity index (χ4v) is 7.00. The van der Waals surface area contributed by atoms with Crippen molar-refractivity contribution in [2.45, 2.75) is 43.5 Å². The first-order valence-electron chi connectivity index (χ1n) is 15.1. The first-order valence-corrected chi connectivity index (χ1v) is 15.1. The lowest BCUT2D eigenvalue weighted by molar-refractivity contribution is -0.315. The Morgan fingerprint density at radius 1 is 0.604 bits per heavy atom. The van der Waals surface area contributed by atoms with Crippen LogP contribution in [0.4, 0.5) is 58.4 Å². The van der Waals surface area contributed by atoms with Crippen molar-refractivity contribution in [3.8, 4) is 11.1 Å². The van der Waals surface area contributed by atoms with Crippen molar-refractivity contribution in [2.24, 2.45) is 5.92 Å². The molecule has 0 bridgehead atoms. The van der Waals surface area contributed by atoms with E-state index in [1.807, 2.05) is 0 Å². The smallest absolute Gasteiger partial charge is 0.278 e. The van der Waals surface area contributed by atoms with Gasteiger partial charge >= 0.3 is 24.7 Å². The van der Waals surface area contributed by atoms with E-state index in [-0.39, 0.29) is 28.7 Å². The van der Waals surface area contributed by atoms with E-state index < -0.39 is 122 Å². The van der Waals surface area contributed by atoms with Crippen molar-refractivity contribution in [1.29, 1.82) is 0 Å². The van der Waals surface area contributed by atoms with Crippen LogP contribution in [0.2, 0.25) is 0 Å². The summed E-state index contributed by atoms with van der Waals surface area (Å²) in [5.41, 5.74) is -15.2. The summed E-state index contributed by atoms with van der Waals surface area (Å²) >= 11 is 0. The standard InChI is InChI=1S/C35H20F12N2O4/c1-15-3-7-19(25(11-15)32(36,37)38)20-10-6-18(14-26(20)33(39,40)41)49-29(52)22-9-5-17(13-24(22)30(49)53)31(34(42,43)44,35(45,46)47)16-4-8-21-23(12-16)28(51)48(2)27(21)50/h3-11,13-14,16H,12H2,1-2H3. The van der Waals surface area contributed by atoms with Gasteiger partial charge < -0.3 is 0 Å². The van der Waals surface area contributed by atoms with Crippen molar-refractivity contribution in [2.75, 3.05) is 11.9 Å². The predicted octanol–water partition coefficient (Wildman–Crippen LogP) is 8.73. The molecule has 53 heavy (non-hydrogen) atoms. The van der Waals surface area contributed by atoms with E-state index in [1.165, 1.54) is 6.92 Å². The van der Waals surface area contributed by atoms with Crippen molar-refractivity contribution < 1.29 is 71.9 Å². The van der Waals surface area contributed by atoms with Gasteiger partial charge in [-0.25, -0.2) is 4.90 Å². The number of aryl methyl sites for hydroxylation is 1. The number of carbonyl (C=O) groups excluding carboxylic acids is 4. The molecule has 1 atom stereocenters. The number of carbonyl (C=O) groups is 4. The average Bonchev–Trinajstić information content (AvgIpc) is 3.42. The lowest BCUT2D eigenvalue weighted by atomic mass is 9.64. The Labute approximate surface area is 290 Å². The molecule has 1 unspecified atom stereocenters. The molecule has 0 aromatic heterocycles. The number of imide groups is 2. The molecule has 0 fully saturated rings. The highest BCUT2D eigenvalue weighted by Gasteiger charge is 2.75. The second-order valence-electron chi connectivity index (χ2n) is 12.5. The number of alkyl halides is 12. The van der Waals surface area contributed by atoms with Gasteiger partial charge in [0, 0.05) is 24.1 Å². The van der Waals surface area contributed by atoms with Crippen LogP contribution in [-0.2, 0) is 27.4 Å². The molecule has 0 radical (unpaired) electrons. The van der Waals surface area contributed by atoms with Gasteiger partial charge in [0.1, 0.15) is 0 Å². The van der Waals surface area contributed by atoms with E-state index >= 15 is 0 Å². The number of hydrogen-bond donors (Lipinski definition) is 0. The van der Waals surface area contributed by atoms with Crippen molar-refractivity contribution in [3.05, 3.63) is 111 Å². The minimum atomic E-state index is -6.20. The summed E-state index contributed by atoms with van der Waals surface area (Å²) < 4.78 is 175.